The van der Waals surface area contributed by atoms with E-state index in [1.165, 1.54) is 0 Å². The van der Waals surface area contributed by atoms with E-state index in [-0.39, 0.29) is 17.9 Å². The summed E-state index contributed by atoms with van der Waals surface area (Å²) in [6, 6.07) is 0. The largest absolute Gasteiger partial charge is 0.466 e. The minimum atomic E-state index is -0.0368. The zero-order chi connectivity index (χ0) is 18.6. The molecular weight excluding hydrogens is 304 g/mol. The first-order valence-electron chi connectivity index (χ1n) is 9.85. The molecule has 0 heterocycles. The van der Waals surface area contributed by atoms with Gasteiger partial charge in [0.25, 0.3) is 0 Å². The van der Waals surface area contributed by atoms with Gasteiger partial charge in [-0.3, -0.25) is 9.59 Å². The van der Waals surface area contributed by atoms with Crippen molar-refractivity contribution in [2.24, 2.45) is 5.92 Å². The SMILES string of the molecule is CCCCCC(=O)OCCCC.CCCCOC(=O)C(C)CCC. The van der Waals surface area contributed by atoms with Gasteiger partial charge >= 0.3 is 11.9 Å². The summed E-state index contributed by atoms with van der Waals surface area (Å²) in [6.07, 6.45) is 9.96. The monoisotopic (exact) mass is 344 g/mol. The van der Waals surface area contributed by atoms with Crippen LogP contribution >= 0.6 is 0 Å². The van der Waals surface area contributed by atoms with E-state index in [0.717, 1.165) is 57.8 Å². The van der Waals surface area contributed by atoms with Crippen LogP contribution in [-0.4, -0.2) is 25.2 Å². The lowest BCUT2D eigenvalue weighted by molar-refractivity contribution is -0.148. The summed E-state index contributed by atoms with van der Waals surface area (Å²) in [6.45, 7) is 11.5. The minimum Gasteiger partial charge on any atom is -0.466 e. The second-order valence-corrected chi connectivity index (χ2v) is 6.24. The van der Waals surface area contributed by atoms with Crippen molar-refractivity contribution < 1.29 is 19.1 Å². The molecule has 0 aliphatic carbocycles. The lowest BCUT2D eigenvalue weighted by atomic mass is 10.1. The molecule has 0 radical (unpaired) electrons. The molecule has 4 heteroatoms. The third-order valence-corrected chi connectivity index (χ3v) is 3.61. The Kier molecular flexibility index (Phi) is 21.0. The van der Waals surface area contributed by atoms with Gasteiger partial charge in [-0.25, -0.2) is 0 Å². The van der Waals surface area contributed by atoms with Gasteiger partial charge in [-0.1, -0.05) is 66.7 Å². The molecule has 1 unspecified atom stereocenters. The van der Waals surface area contributed by atoms with E-state index >= 15 is 0 Å². The van der Waals surface area contributed by atoms with Crippen LogP contribution in [0.2, 0.25) is 0 Å². The standard InChI is InChI=1S/2C10H20O2/c1-4-6-8-12-10(11)9(3)7-5-2;1-3-5-7-8-10(11)12-9-6-4-2/h9H,4-8H2,1-3H3;3-9H2,1-2H3. The van der Waals surface area contributed by atoms with Crippen molar-refractivity contribution in [3.05, 3.63) is 0 Å². The van der Waals surface area contributed by atoms with E-state index in [2.05, 4.69) is 27.7 Å². The first kappa shape index (κ1) is 25.2. The molecule has 0 aromatic heterocycles. The summed E-state index contributed by atoms with van der Waals surface area (Å²) in [5.41, 5.74) is 0. The number of rotatable bonds is 13. The van der Waals surface area contributed by atoms with Crippen LogP contribution in [0, 0.1) is 5.92 Å². The number of carbonyl (C=O) groups excluding carboxylic acids is 2. The lowest BCUT2D eigenvalue weighted by Crippen LogP contribution is -2.15. The third-order valence-electron chi connectivity index (χ3n) is 3.61. The zero-order valence-corrected chi connectivity index (χ0v) is 16.7. The maximum atomic E-state index is 11.2. The fourth-order valence-electron chi connectivity index (χ4n) is 1.93. The first-order chi connectivity index (χ1) is 11.5. The van der Waals surface area contributed by atoms with Gasteiger partial charge in [-0.05, 0) is 25.7 Å². The molecule has 0 aliphatic heterocycles. The molecule has 0 saturated carbocycles. The number of esters is 2. The summed E-state index contributed by atoms with van der Waals surface area (Å²) in [7, 11) is 0. The first-order valence-corrected chi connectivity index (χ1v) is 9.85. The van der Waals surface area contributed by atoms with E-state index in [4.69, 9.17) is 9.47 Å². The lowest BCUT2D eigenvalue weighted by Gasteiger charge is -2.09. The molecule has 0 aliphatic rings. The van der Waals surface area contributed by atoms with Crippen LogP contribution in [0.4, 0.5) is 0 Å². The molecule has 0 bridgehead atoms. The van der Waals surface area contributed by atoms with Crippen LogP contribution in [0.1, 0.15) is 98.8 Å². The molecule has 24 heavy (non-hydrogen) atoms. The Morgan fingerprint density at radius 3 is 1.79 bits per heavy atom. The highest BCUT2D eigenvalue weighted by molar-refractivity contribution is 5.71. The Morgan fingerprint density at radius 1 is 0.750 bits per heavy atom. The van der Waals surface area contributed by atoms with Gasteiger partial charge < -0.3 is 9.47 Å². The molecule has 1 atom stereocenters. The van der Waals surface area contributed by atoms with Crippen molar-refractivity contribution in [1.82, 2.24) is 0 Å². The Hall–Kier alpha value is -1.06. The fourth-order valence-corrected chi connectivity index (χ4v) is 1.93. The van der Waals surface area contributed by atoms with Crippen molar-refractivity contribution in [3.63, 3.8) is 0 Å². The number of hydrogen-bond acceptors (Lipinski definition) is 4. The van der Waals surface area contributed by atoms with Gasteiger partial charge in [0.1, 0.15) is 0 Å². The molecule has 0 aromatic carbocycles. The number of ether oxygens (including phenoxy) is 2. The van der Waals surface area contributed by atoms with E-state index in [1.807, 2.05) is 6.92 Å². The van der Waals surface area contributed by atoms with Crippen LogP contribution in [0.5, 0.6) is 0 Å². The van der Waals surface area contributed by atoms with Crippen molar-refractivity contribution in [2.45, 2.75) is 98.8 Å². The summed E-state index contributed by atoms with van der Waals surface area (Å²) < 4.78 is 10.0. The Bertz CT molecular complexity index is 277. The maximum absolute atomic E-state index is 11.2. The summed E-state index contributed by atoms with van der Waals surface area (Å²) in [4.78, 5) is 22.2. The predicted molar refractivity (Wildman–Crippen MR) is 99.9 cm³/mol. The molecule has 0 N–H and O–H groups in total. The molecule has 0 rings (SSSR count). The van der Waals surface area contributed by atoms with Gasteiger partial charge in [0, 0.05) is 6.42 Å². The molecule has 4 nitrogen and oxygen atoms in total. The van der Waals surface area contributed by atoms with Crippen LogP contribution < -0.4 is 0 Å². The second kappa shape index (κ2) is 20.0. The van der Waals surface area contributed by atoms with E-state index < -0.39 is 0 Å². The molecule has 0 spiro atoms. The van der Waals surface area contributed by atoms with Crippen molar-refractivity contribution in [2.75, 3.05) is 13.2 Å². The highest BCUT2D eigenvalue weighted by Gasteiger charge is 2.12. The number of hydrogen-bond donors (Lipinski definition) is 0. The molecule has 0 amide bonds. The van der Waals surface area contributed by atoms with E-state index in [0.29, 0.717) is 19.6 Å². The highest BCUT2D eigenvalue weighted by atomic mass is 16.5. The van der Waals surface area contributed by atoms with Gasteiger partial charge in [0.05, 0.1) is 19.1 Å². The molecule has 144 valence electrons. The summed E-state index contributed by atoms with van der Waals surface area (Å²) >= 11 is 0. The normalized spacial score (nSPS) is 11.2. The van der Waals surface area contributed by atoms with Crippen LogP contribution in [-0.2, 0) is 19.1 Å². The number of carbonyl (C=O) groups is 2. The molecule has 0 aromatic rings. The summed E-state index contributed by atoms with van der Waals surface area (Å²) in [5.74, 6) is 0.00839. The van der Waals surface area contributed by atoms with E-state index in [1.54, 1.807) is 0 Å². The van der Waals surface area contributed by atoms with Gasteiger partial charge in [-0.15, -0.1) is 0 Å². The zero-order valence-electron chi connectivity index (χ0n) is 16.7. The Labute approximate surface area is 149 Å². The number of unbranched alkanes of at least 4 members (excludes halogenated alkanes) is 4. The molecular formula is C20H40O4. The van der Waals surface area contributed by atoms with Crippen LogP contribution in [0.3, 0.4) is 0 Å². The average Bonchev–Trinajstić information content (AvgIpc) is 2.56. The van der Waals surface area contributed by atoms with Crippen molar-refractivity contribution in [1.29, 1.82) is 0 Å². The topological polar surface area (TPSA) is 52.6 Å². The van der Waals surface area contributed by atoms with Gasteiger partial charge in [0.15, 0.2) is 0 Å². The van der Waals surface area contributed by atoms with Gasteiger partial charge in [-0.2, -0.15) is 0 Å². The molecule has 0 fully saturated rings. The quantitative estimate of drug-likeness (QED) is 0.319. The second-order valence-electron chi connectivity index (χ2n) is 6.24. The third kappa shape index (κ3) is 19.0. The van der Waals surface area contributed by atoms with E-state index in [9.17, 15) is 9.59 Å². The maximum Gasteiger partial charge on any atom is 0.308 e. The van der Waals surface area contributed by atoms with Crippen LogP contribution in [0.15, 0.2) is 0 Å². The van der Waals surface area contributed by atoms with Gasteiger partial charge in [0.2, 0.25) is 0 Å². The Balaban J connectivity index is 0. The molecule has 0 saturated heterocycles. The highest BCUT2D eigenvalue weighted by Crippen LogP contribution is 2.07. The van der Waals surface area contributed by atoms with Crippen molar-refractivity contribution >= 4 is 11.9 Å². The predicted octanol–water partition coefficient (Wildman–Crippen LogP) is 5.68. The van der Waals surface area contributed by atoms with Crippen molar-refractivity contribution in [3.8, 4) is 0 Å². The van der Waals surface area contributed by atoms with Crippen LogP contribution in [0.25, 0.3) is 0 Å². The average molecular weight is 345 g/mol. The summed E-state index contributed by atoms with van der Waals surface area (Å²) in [5, 5.41) is 0. The Morgan fingerprint density at radius 2 is 1.29 bits per heavy atom. The fraction of sp³-hybridized carbons (Fsp3) is 0.900. The smallest absolute Gasteiger partial charge is 0.308 e. The minimum absolute atomic E-state index is 0.0306.